The van der Waals surface area contributed by atoms with Crippen molar-refractivity contribution in [2.45, 2.75) is 231 Å². The van der Waals surface area contributed by atoms with Crippen LogP contribution < -0.4 is 75.1 Å². The van der Waals surface area contributed by atoms with Gasteiger partial charge in [-0.1, -0.05) is 206 Å². The number of rotatable bonds is 37. The van der Waals surface area contributed by atoms with Gasteiger partial charge in [0.05, 0.1) is 5.97 Å². The molecule has 0 bridgehead atoms. The summed E-state index contributed by atoms with van der Waals surface area (Å²) in [6.45, 7) is 4.58. The maximum absolute atomic E-state index is 11.9. The normalized spacial score (nSPS) is 12.1. The van der Waals surface area contributed by atoms with E-state index >= 15 is 0 Å². The Hall–Kier alpha value is 0.320. The van der Waals surface area contributed by atoms with Gasteiger partial charge in [0.15, 0.2) is 0 Å². The molecular weight excluding hydrogens is 700 g/mol. The number of unbranched alkanes of at least 4 members (excludes halogenated alkanes) is 28. The molecular formula is C40H77NNa2O8S. The van der Waals surface area contributed by atoms with E-state index in [9.17, 15) is 33.0 Å². The van der Waals surface area contributed by atoms with Crippen molar-refractivity contribution >= 4 is 28.0 Å². The molecule has 0 aliphatic carbocycles. The van der Waals surface area contributed by atoms with E-state index < -0.39 is 33.7 Å². The Labute approximate surface area is 364 Å². The maximum Gasteiger partial charge on any atom is 1.00 e. The van der Waals surface area contributed by atoms with Crippen LogP contribution in [0.5, 0.6) is 0 Å². The van der Waals surface area contributed by atoms with Crippen LogP contribution in [0, 0.1) is 5.92 Å². The summed E-state index contributed by atoms with van der Waals surface area (Å²) in [4.78, 5) is 31.6. The Morgan fingerprint density at radius 3 is 0.885 bits per heavy atom. The van der Waals surface area contributed by atoms with Crippen LogP contribution in [0.2, 0.25) is 0 Å². The molecule has 0 fully saturated rings. The van der Waals surface area contributed by atoms with E-state index in [0.29, 0.717) is 0 Å². The number of amides is 1. The van der Waals surface area contributed by atoms with Gasteiger partial charge in [-0.2, -0.15) is 8.42 Å². The first-order valence-corrected chi connectivity index (χ1v) is 22.1. The standard InChI is InChI=1S/C36H73NO.C4H6O7S.2Na/c1-3-5-7-9-11-13-15-17-19-20-22-24-26-28-30-32-34-35(36(37)38)33-31-29-27-25-23-21-18-16-14-12-10-8-6-4-2;5-3(6)1-2(4(7)8)12(9,10)11;;/h35H,3-34H2,1-2H3,(H2,37,38);2H,1H2,(H,5,6)(H,7,8)(H,9,10,11);;/q;;2*+1/p-2. The zero-order chi connectivity index (χ0) is 37.7. The fourth-order valence-corrected chi connectivity index (χ4v) is 7.00. The molecule has 0 saturated heterocycles. The fraction of sp³-hybridized carbons (Fsp3) is 0.925. The van der Waals surface area contributed by atoms with E-state index in [4.69, 9.17) is 10.3 Å². The molecule has 0 rings (SSSR count). The third-order valence-corrected chi connectivity index (χ3v) is 10.8. The van der Waals surface area contributed by atoms with Crippen LogP contribution >= 0.6 is 0 Å². The molecule has 12 heteroatoms. The maximum atomic E-state index is 11.9. The summed E-state index contributed by atoms with van der Waals surface area (Å²) in [5.74, 6) is -4.01. The summed E-state index contributed by atoms with van der Waals surface area (Å²) >= 11 is 0. The van der Waals surface area contributed by atoms with Crippen molar-refractivity contribution in [1.82, 2.24) is 0 Å². The van der Waals surface area contributed by atoms with Gasteiger partial charge in [-0.3, -0.25) is 9.35 Å². The van der Waals surface area contributed by atoms with Gasteiger partial charge >= 0.3 is 59.1 Å². The van der Waals surface area contributed by atoms with Crippen molar-refractivity contribution in [3.8, 4) is 0 Å². The molecule has 298 valence electrons. The smallest absolute Gasteiger partial charge is 0.550 e. The zero-order valence-electron chi connectivity index (χ0n) is 34.3. The monoisotopic (exact) mass is 778 g/mol. The van der Waals surface area contributed by atoms with Gasteiger partial charge in [0.1, 0.15) is 5.25 Å². The Morgan fingerprint density at radius 2 is 0.731 bits per heavy atom. The molecule has 0 spiro atoms. The largest absolute Gasteiger partial charge is 1.00 e. The van der Waals surface area contributed by atoms with E-state index in [0.717, 1.165) is 12.8 Å². The van der Waals surface area contributed by atoms with Crippen molar-refractivity contribution in [2.24, 2.45) is 11.7 Å². The Balaban J connectivity index is -0.000000700. The number of nitrogens with two attached hydrogens (primary N) is 1. The van der Waals surface area contributed by atoms with Gasteiger partial charge in [-0.15, -0.1) is 0 Å². The van der Waals surface area contributed by atoms with Gasteiger partial charge in [0.25, 0.3) is 10.1 Å². The minimum atomic E-state index is -4.94. The van der Waals surface area contributed by atoms with E-state index in [1.807, 2.05) is 0 Å². The molecule has 0 saturated carbocycles. The van der Waals surface area contributed by atoms with Crippen LogP contribution in [0.15, 0.2) is 0 Å². The number of aliphatic carboxylic acids is 2. The molecule has 0 aromatic carbocycles. The Morgan fingerprint density at radius 1 is 0.500 bits per heavy atom. The molecule has 3 N–H and O–H groups in total. The minimum absolute atomic E-state index is 0. The van der Waals surface area contributed by atoms with Gasteiger partial charge < -0.3 is 25.5 Å². The number of carbonyl (C=O) groups excluding carboxylic acids is 3. The van der Waals surface area contributed by atoms with Crippen LogP contribution in [0.4, 0.5) is 0 Å². The molecule has 0 radical (unpaired) electrons. The zero-order valence-corrected chi connectivity index (χ0v) is 39.1. The number of primary amides is 1. The minimum Gasteiger partial charge on any atom is -0.550 e. The van der Waals surface area contributed by atoms with Gasteiger partial charge in [0, 0.05) is 18.3 Å². The number of hydrogen-bond acceptors (Lipinski definition) is 7. The average Bonchev–Trinajstić information content (AvgIpc) is 3.05. The molecule has 1 amide bonds. The quantitative estimate of drug-likeness (QED) is 0.0550. The van der Waals surface area contributed by atoms with Crippen LogP contribution in [0.25, 0.3) is 0 Å². The van der Waals surface area contributed by atoms with E-state index in [1.54, 1.807) is 0 Å². The fourth-order valence-electron chi connectivity index (χ4n) is 6.41. The summed E-state index contributed by atoms with van der Waals surface area (Å²) < 4.78 is 28.5. The first-order valence-electron chi connectivity index (χ1n) is 20.6. The Kier molecular flexibility index (Phi) is 50.0. The molecule has 0 aromatic heterocycles. The topological polar surface area (TPSA) is 178 Å². The van der Waals surface area contributed by atoms with Crippen LogP contribution in [-0.4, -0.2) is 36.1 Å². The molecule has 9 nitrogen and oxygen atoms in total. The predicted octanol–water partition coefficient (Wildman–Crippen LogP) is 2.75. The molecule has 0 aromatic rings. The second-order valence-electron chi connectivity index (χ2n) is 14.5. The van der Waals surface area contributed by atoms with Gasteiger partial charge in [-0.25, -0.2) is 0 Å². The summed E-state index contributed by atoms with van der Waals surface area (Å²) in [7, 11) is -4.94. The number of carbonyl (C=O) groups is 3. The third-order valence-electron chi connectivity index (χ3n) is 9.69. The third kappa shape index (κ3) is 44.7. The van der Waals surface area contributed by atoms with Crippen LogP contribution in [-0.2, 0) is 24.5 Å². The first-order chi connectivity index (χ1) is 24.0. The van der Waals surface area contributed by atoms with E-state index in [2.05, 4.69) is 13.8 Å². The first kappa shape index (κ1) is 59.0. The van der Waals surface area contributed by atoms with E-state index in [1.165, 1.54) is 193 Å². The van der Waals surface area contributed by atoms with Gasteiger partial charge in [0.2, 0.25) is 5.91 Å². The number of carboxylic acid groups (broad SMARTS) is 2. The summed E-state index contributed by atoms with van der Waals surface area (Å²) in [6, 6.07) is 0. The number of hydrogen-bond donors (Lipinski definition) is 2. The van der Waals surface area contributed by atoms with Crippen molar-refractivity contribution in [3.05, 3.63) is 0 Å². The van der Waals surface area contributed by atoms with Gasteiger partial charge in [-0.05, 0) is 12.8 Å². The molecule has 2 atom stereocenters. The van der Waals surface area contributed by atoms with E-state index in [-0.39, 0.29) is 70.9 Å². The van der Waals surface area contributed by atoms with Crippen molar-refractivity contribution in [1.29, 1.82) is 0 Å². The average molecular weight is 778 g/mol. The molecule has 52 heavy (non-hydrogen) atoms. The number of carboxylic acids is 2. The Bertz CT molecular complexity index is 908. The molecule has 0 heterocycles. The second-order valence-corrected chi connectivity index (χ2v) is 16.1. The molecule has 0 aliphatic heterocycles. The van der Waals surface area contributed by atoms with Crippen molar-refractivity contribution in [3.63, 3.8) is 0 Å². The summed E-state index contributed by atoms with van der Waals surface area (Å²) in [5, 5.41) is 17.3. The van der Waals surface area contributed by atoms with Crippen LogP contribution in [0.1, 0.15) is 226 Å². The summed E-state index contributed by atoms with van der Waals surface area (Å²) in [5.41, 5.74) is 5.72. The second kappa shape index (κ2) is 44.0. The van der Waals surface area contributed by atoms with Crippen LogP contribution in [0.3, 0.4) is 0 Å². The summed E-state index contributed by atoms with van der Waals surface area (Å²) in [6.07, 6.45) is 42.4. The molecule has 2 unspecified atom stereocenters. The molecule has 0 aliphatic rings. The van der Waals surface area contributed by atoms with Crippen molar-refractivity contribution < 1.29 is 96.7 Å². The SMILES string of the molecule is CCCCCCCCCCCCCCCCCCC(CCCCCCCCCCCCCCCC)C(N)=O.O=C([O-])CC(C(=O)[O-])S(=O)(=O)O.[Na+].[Na+]. The predicted molar refractivity (Wildman–Crippen MR) is 202 cm³/mol. The van der Waals surface area contributed by atoms with Crippen molar-refractivity contribution in [2.75, 3.05) is 0 Å².